The Morgan fingerprint density at radius 2 is 1.95 bits per heavy atom. The number of halogens is 2. The van der Waals surface area contributed by atoms with Gasteiger partial charge in [-0.15, -0.1) is 11.6 Å². The zero-order valence-corrected chi connectivity index (χ0v) is 14.3. The van der Waals surface area contributed by atoms with E-state index in [0.29, 0.717) is 5.92 Å². The van der Waals surface area contributed by atoms with Crippen molar-refractivity contribution in [2.24, 2.45) is 11.8 Å². The Morgan fingerprint density at radius 3 is 2.67 bits per heavy atom. The summed E-state index contributed by atoms with van der Waals surface area (Å²) in [6.07, 6.45) is 3.52. The molecule has 1 aliphatic carbocycles. The van der Waals surface area contributed by atoms with Crippen molar-refractivity contribution in [1.29, 1.82) is 0 Å². The highest BCUT2D eigenvalue weighted by atomic mass is 35.5. The van der Waals surface area contributed by atoms with Gasteiger partial charge < -0.3 is 4.42 Å². The maximum Gasteiger partial charge on any atom is 0.134 e. The van der Waals surface area contributed by atoms with E-state index in [1.165, 1.54) is 12.8 Å². The lowest BCUT2D eigenvalue weighted by Crippen LogP contribution is -2.38. The van der Waals surface area contributed by atoms with Crippen LogP contribution in [0.25, 0.3) is 11.0 Å². The average molecular weight is 325 g/mol. The lowest BCUT2D eigenvalue weighted by atomic mass is 9.67. The molecule has 1 aromatic heterocycles. The molecule has 1 aliphatic rings. The molecule has 3 unspecified atom stereocenters. The van der Waals surface area contributed by atoms with E-state index in [0.717, 1.165) is 34.1 Å². The van der Waals surface area contributed by atoms with Crippen LogP contribution in [0.15, 0.2) is 28.7 Å². The van der Waals surface area contributed by atoms with Crippen molar-refractivity contribution in [2.75, 3.05) is 0 Å². The van der Waals surface area contributed by atoms with Gasteiger partial charge in [-0.1, -0.05) is 38.8 Å². The summed E-state index contributed by atoms with van der Waals surface area (Å²) in [4.78, 5) is 0. The number of fused-ring (bicyclic) bond motifs is 1. The highest BCUT2D eigenvalue weighted by molar-refractivity contribution is 6.31. The van der Waals surface area contributed by atoms with Crippen molar-refractivity contribution in [3.63, 3.8) is 0 Å². The maximum absolute atomic E-state index is 6.67. The third-order valence-electron chi connectivity index (χ3n) is 5.07. The second-order valence-corrected chi connectivity index (χ2v) is 8.05. The van der Waals surface area contributed by atoms with Crippen LogP contribution in [0.2, 0.25) is 5.02 Å². The van der Waals surface area contributed by atoms with Crippen molar-refractivity contribution in [3.05, 3.63) is 35.0 Å². The molecule has 0 saturated heterocycles. The largest absolute Gasteiger partial charge is 0.460 e. The monoisotopic (exact) mass is 324 g/mol. The van der Waals surface area contributed by atoms with Gasteiger partial charge in [0.25, 0.3) is 0 Å². The maximum atomic E-state index is 6.67. The molecular weight excluding hydrogens is 303 g/mol. The molecule has 2 aromatic rings. The fourth-order valence-electron chi connectivity index (χ4n) is 3.64. The van der Waals surface area contributed by atoms with Crippen LogP contribution < -0.4 is 0 Å². The molecule has 1 saturated carbocycles. The minimum absolute atomic E-state index is 0.0575. The fourth-order valence-corrected chi connectivity index (χ4v) is 4.56. The highest BCUT2D eigenvalue weighted by Crippen LogP contribution is 2.45. The van der Waals surface area contributed by atoms with Crippen molar-refractivity contribution >= 4 is 34.2 Å². The molecular formula is C18H22Cl2O. The van der Waals surface area contributed by atoms with E-state index in [9.17, 15) is 0 Å². The molecule has 0 aliphatic heterocycles. The first-order valence-electron chi connectivity index (χ1n) is 7.71. The zero-order valence-electron chi connectivity index (χ0n) is 12.8. The number of hydrogen-bond donors (Lipinski definition) is 0. The van der Waals surface area contributed by atoms with E-state index in [4.69, 9.17) is 27.6 Å². The molecule has 3 rings (SSSR count). The van der Waals surface area contributed by atoms with Crippen LogP contribution in [0.5, 0.6) is 0 Å². The van der Waals surface area contributed by atoms with Crippen LogP contribution >= 0.6 is 23.2 Å². The fraction of sp³-hybridized carbons (Fsp3) is 0.556. The molecule has 114 valence electrons. The van der Waals surface area contributed by atoms with E-state index in [2.05, 4.69) is 26.8 Å². The van der Waals surface area contributed by atoms with Crippen LogP contribution in [0.1, 0.15) is 45.8 Å². The second kappa shape index (κ2) is 5.52. The smallest absolute Gasteiger partial charge is 0.134 e. The number of hydrogen-bond acceptors (Lipinski definition) is 1. The van der Waals surface area contributed by atoms with Gasteiger partial charge in [0.1, 0.15) is 11.3 Å². The van der Waals surface area contributed by atoms with Crippen LogP contribution in [0.3, 0.4) is 0 Å². The first kappa shape index (κ1) is 15.2. The molecule has 3 atom stereocenters. The normalized spacial score (nSPS) is 27.2. The Morgan fingerprint density at radius 1 is 1.19 bits per heavy atom. The Bertz CT molecular complexity index is 644. The molecule has 1 heterocycles. The SMILES string of the molecule is CC1CCC(C(C)(C)c2cc3cc(Cl)ccc3o2)C(Cl)C1. The average Bonchev–Trinajstić information content (AvgIpc) is 2.81. The summed E-state index contributed by atoms with van der Waals surface area (Å²) in [5.41, 5.74) is 0.843. The van der Waals surface area contributed by atoms with Gasteiger partial charge in [0.15, 0.2) is 0 Å². The summed E-state index contributed by atoms with van der Waals surface area (Å²) in [7, 11) is 0. The van der Waals surface area contributed by atoms with E-state index in [1.807, 2.05) is 18.2 Å². The standard InChI is InChI=1S/C18H22Cl2O/c1-11-4-6-14(15(20)8-11)18(2,3)17-10-12-9-13(19)5-7-16(12)21-17/h5,7,9-11,14-15H,4,6,8H2,1-3H3. The van der Waals surface area contributed by atoms with Gasteiger partial charge in [-0.25, -0.2) is 0 Å². The number of rotatable bonds is 2. The predicted octanol–water partition coefficient (Wildman–Crippen LogP) is 6.41. The first-order valence-corrected chi connectivity index (χ1v) is 8.53. The van der Waals surface area contributed by atoms with Crippen molar-refractivity contribution in [2.45, 2.75) is 50.8 Å². The first-order chi connectivity index (χ1) is 9.88. The molecule has 0 radical (unpaired) electrons. The van der Waals surface area contributed by atoms with Crippen molar-refractivity contribution < 1.29 is 4.42 Å². The third kappa shape index (κ3) is 2.83. The van der Waals surface area contributed by atoms with Gasteiger partial charge in [-0.3, -0.25) is 0 Å². The van der Waals surface area contributed by atoms with Gasteiger partial charge in [-0.2, -0.15) is 0 Å². The summed E-state index contributed by atoms with van der Waals surface area (Å²) in [6.45, 7) is 6.80. The summed E-state index contributed by atoms with van der Waals surface area (Å²) in [5, 5.41) is 2.04. The van der Waals surface area contributed by atoms with Crippen LogP contribution in [-0.2, 0) is 5.41 Å². The molecule has 0 spiro atoms. The molecule has 0 bridgehead atoms. The Balaban J connectivity index is 1.95. The summed E-state index contributed by atoms with van der Waals surface area (Å²) in [5.74, 6) is 2.20. The molecule has 1 fully saturated rings. The van der Waals surface area contributed by atoms with E-state index in [-0.39, 0.29) is 10.8 Å². The molecule has 1 nitrogen and oxygen atoms in total. The number of furan rings is 1. The quantitative estimate of drug-likeness (QED) is 0.582. The highest BCUT2D eigenvalue weighted by Gasteiger charge is 2.41. The molecule has 1 aromatic carbocycles. The molecule has 0 amide bonds. The minimum Gasteiger partial charge on any atom is -0.460 e. The lowest BCUT2D eigenvalue weighted by molar-refractivity contribution is 0.187. The summed E-state index contributed by atoms with van der Waals surface area (Å²) in [6, 6.07) is 7.90. The van der Waals surface area contributed by atoms with Gasteiger partial charge in [-0.05, 0) is 48.9 Å². The molecule has 21 heavy (non-hydrogen) atoms. The van der Waals surface area contributed by atoms with E-state index in [1.54, 1.807) is 0 Å². The van der Waals surface area contributed by atoms with Gasteiger partial charge in [0.05, 0.1) is 0 Å². The predicted molar refractivity (Wildman–Crippen MR) is 90.4 cm³/mol. The zero-order chi connectivity index (χ0) is 15.2. The van der Waals surface area contributed by atoms with E-state index >= 15 is 0 Å². The minimum atomic E-state index is -0.0575. The Labute approximate surface area is 136 Å². The Hall–Kier alpha value is -0.660. The van der Waals surface area contributed by atoms with Crippen LogP contribution in [0, 0.1) is 11.8 Å². The second-order valence-electron chi connectivity index (χ2n) is 7.06. The third-order valence-corrected chi connectivity index (χ3v) is 5.79. The number of benzene rings is 1. The molecule has 0 N–H and O–H groups in total. The number of alkyl halides is 1. The van der Waals surface area contributed by atoms with Crippen LogP contribution in [0.4, 0.5) is 0 Å². The van der Waals surface area contributed by atoms with Gasteiger partial charge in [0, 0.05) is 21.2 Å². The topological polar surface area (TPSA) is 13.1 Å². The summed E-state index contributed by atoms with van der Waals surface area (Å²) < 4.78 is 6.10. The van der Waals surface area contributed by atoms with Crippen molar-refractivity contribution in [3.8, 4) is 0 Å². The van der Waals surface area contributed by atoms with Gasteiger partial charge >= 0.3 is 0 Å². The Kier molecular flexibility index (Phi) is 4.00. The van der Waals surface area contributed by atoms with E-state index < -0.39 is 0 Å². The van der Waals surface area contributed by atoms with Crippen LogP contribution in [-0.4, -0.2) is 5.38 Å². The van der Waals surface area contributed by atoms with Gasteiger partial charge in [0.2, 0.25) is 0 Å². The summed E-state index contributed by atoms with van der Waals surface area (Å²) >= 11 is 12.7. The van der Waals surface area contributed by atoms with Crippen molar-refractivity contribution in [1.82, 2.24) is 0 Å². The molecule has 3 heteroatoms. The lowest BCUT2D eigenvalue weighted by Gasteiger charge is -2.40.